The number of carbonyl (C=O) groups is 2. The number of likely N-dealkylation sites (N-methyl/N-ethyl adjacent to an activating group) is 1. The molecule has 3 amide bonds. The molecule has 2 aromatic rings. The molecule has 3 heterocycles. The lowest BCUT2D eigenvalue weighted by Gasteiger charge is -2.28. The van der Waals surface area contributed by atoms with Crippen LogP contribution in [0.2, 0.25) is 5.02 Å². The second-order valence-electron chi connectivity index (χ2n) is 7.12. The van der Waals surface area contributed by atoms with Gasteiger partial charge in [-0.05, 0) is 42.8 Å². The van der Waals surface area contributed by atoms with Crippen molar-refractivity contribution in [3.8, 4) is 0 Å². The van der Waals surface area contributed by atoms with E-state index in [4.69, 9.17) is 16.3 Å². The van der Waals surface area contributed by atoms with Gasteiger partial charge >= 0.3 is 6.03 Å². The van der Waals surface area contributed by atoms with Crippen molar-refractivity contribution >= 4 is 45.6 Å². The van der Waals surface area contributed by atoms with Crippen molar-refractivity contribution in [3.05, 3.63) is 45.3 Å². The molecule has 0 saturated carbocycles. The molecule has 2 aliphatic rings. The first-order chi connectivity index (χ1) is 14.0. The zero-order valence-electron chi connectivity index (χ0n) is 16.1. The van der Waals surface area contributed by atoms with Gasteiger partial charge in [-0.2, -0.15) is 0 Å². The second kappa shape index (κ2) is 8.71. The molecule has 0 bridgehead atoms. The van der Waals surface area contributed by atoms with Crippen LogP contribution in [0, 0.1) is 0 Å². The van der Waals surface area contributed by atoms with Gasteiger partial charge in [0.15, 0.2) is 0 Å². The molecular weight excluding hydrogens is 412 g/mol. The second-order valence-corrected chi connectivity index (χ2v) is 8.66. The van der Waals surface area contributed by atoms with Crippen LogP contribution in [0.1, 0.15) is 27.7 Å². The first kappa shape index (κ1) is 20.2. The number of rotatable bonds is 5. The third-order valence-corrected chi connectivity index (χ3v) is 6.50. The van der Waals surface area contributed by atoms with Crippen molar-refractivity contribution in [1.29, 1.82) is 0 Å². The van der Waals surface area contributed by atoms with E-state index in [0.29, 0.717) is 34.5 Å². The van der Waals surface area contributed by atoms with Crippen LogP contribution in [0.5, 0.6) is 0 Å². The lowest BCUT2D eigenvalue weighted by atomic mass is 10.0. The minimum atomic E-state index is -0.390. The van der Waals surface area contributed by atoms with Crippen LogP contribution >= 0.6 is 22.9 Å². The minimum absolute atomic E-state index is 0.0320. The van der Waals surface area contributed by atoms with E-state index in [1.165, 1.54) is 11.3 Å². The number of nitrogens with one attached hydrogen (secondary N) is 3. The Morgan fingerprint density at radius 3 is 2.66 bits per heavy atom. The zero-order valence-corrected chi connectivity index (χ0v) is 17.7. The topological polar surface area (TPSA) is 82.7 Å². The molecule has 0 atom stereocenters. The number of anilines is 2. The van der Waals surface area contributed by atoms with Crippen molar-refractivity contribution in [2.24, 2.45) is 0 Å². The molecule has 9 heteroatoms. The number of ether oxygens (including phenoxy) is 1. The third kappa shape index (κ3) is 4.56. The van der Waals surface area contributed by atoms with E-state index < -0.39 is 0 Å². The van der Waals surface area contributed by atoms with E-state index in [-0.39, 0.29) is 18.0 Å². The van der Waals surface area contributed by atoms with E-state index in [9.17, 15) is 9.59 Å². The molecule has 0 spiro atoms. The van der Waals surface area contributed by atoms with E-state index in [1.54, 1.807) is 24.3 Å². The van der Waals surface area contributed by atoms with Crippen LogP contribution in [-0.4, -0.2) is 49.2 Å². The van der Waals surface area contributed by atoms with Crippen LogP contribution < -0.4 is 16.0 Å². The Balaban J connectivity index is 1.55. The summed E-state index contributed by atoms with van der Waals surface area (Å²) >= 11 is 7.37. The van der Waals surface area contributed by atoms with Crippen LogP contribution in [0.25, 0.3) is 0 Å². The highest BCUT2D eigenvalue weighted by molar-refractivity contribution is 7.17. The van der Waals surface area contributed by atoms with Gasteiger partial charge in [-0.25, -0.2) is 4.79 Å². The van der Waals surface area contributed by atoms with Gasteiger partial charge in [-0.1, -0.05) is 18.5 Å². The molecule has 1 aromatic carbocycles. The highest BCUT2D eigenvalue weighted by Crippen LogP contribution is 2.37. The molecule has 4 rings (SSSR count). The van der Waals surface area contributed by atoms with Crippen LogP contribution in [-0.2, 0) is 17.7 Å². The van der Waals surface area contributed by atoms with Gasteiger partial charge in [0, 0.05) is 28.7 Å². The number of thiophene rings is 1. The Kier molecular flexibility index (Phi) is 6.05. The number of urea groups is 1. The predicted molar refractivity (Wildman–Crippen MR) is 115 cm³/mol. The summed E-state index contributed by atoms with van der Waals surface area (Å²) in [6.07, 6.45) is 0.796. The van der Waals surface area contributed by atoms with E-state index in [2.05, 4.69) is 27.8 Å². The Bertz CT molecular complexity index is 911. The Hall–Kier alpha value is -2.13. The average molecular weight is 435 g/mol. The molecular formula is C20H23ClN4O3S. The number of benzene rings is 1. The highest BCUT2D eigenvalue weighted by atomic mass is 35.5. The summed E-state index contributed by atoms with van der Waals surface area (Å²) in [7, 11) is 0. The summed E-state index contributed by atoms with van der Waals surface area (Å²) in [4.78, 5) is 29.0. The van der Waals surface area contributed by atoms with Crippen LogP contribution in [0.15, 0.2) is 24.3 Å². The Labute approximate surface area is 178 Å². The number of carbonyl (C=O) groups excluding carboxylic acids is 2. The third-order valence-electron chi connectivity index (χ3n) is 5.11. The molecule has 1 fully saturated rings. The molecule has 0 aliphatic carbocycles. The molecule has 154 valence electrons. The molecule has 1 saturated heterocycles. The van der Waals surface area contributed by atoms with E-state index in [0.717, 1.165) is 36.5 Å². The first-order valence-corrected chi connectivity index (χ1v) is 10.8. The monoisotopic (exact) mass is 434 g/mol. The smallest absolute Gasteiger partial charge is 0.324 e. The summed E-state index contributed by atoms with van der Waals surface area (Å²) in [6, 6.07) is 6.51. The number of hydrogen-bond donors (Lipinski definition) is 3. The fourth-order valence-electron chi connectivity index (χ4n) is 3.43. The molecule has 7 nitrogen and oxygen atoms in total. The number of amides is 3. The fourth-order valence-corrected chi connectivity index (χ4v) is 4.84. The fraction of sp³-hybridized carbons (Fsp3) is 0.400. The van der Waals surface area contributed by atoms with E-state index in [1.807, 2.05) is 0 Å². The van der Waals surface area contributed by atoms with Crippen molar-refractivity contribution in [1.82, 2.24) is 10.2 Å². The van der Waals surface area contributed by atoms with Gasteiger partial charge in [0.05, 0.1) is 24.8 Å². The number of fused-ring (bicyclic) bond motifs is 1. The maximum absolute atomic E-state index is 13.0. The minimum Gasteiger partial charge on any atom is -0.377 e. The molecule has 29 heavy (non-hydrogen) atoms. The van der Waals surface area contributed by atoms with Gasteiger partial charge in [-0.15, -0.1) is 11.3 Å². The van der Waals surface area contributed by atoms with Gasteiger partial charge < -0.3 is 15.4 Å². The maximum Gasteiger partial charge on any atom is 0.324 e. The van der Waals surface area contributed by atoms with Crippen molar-refractivity contribution in [2.75, 3.05) is 36.9 Å². The number of hydrogen-bond acceptors (Lipinski definition) is 5. The summed E-state index contributed by atoms with van der Waals surface area (Å²) in [5, 5.41) is 9.85. The number of halogens is 1. The normalized spacial score (nSPS) is 16.6. The van der Waals surface area contributed by atoms with Gasteiger partial charge in [0.2, 0.25) is 0 Å². The summed E-state index contributed by atoms with van der Waals surface area (Å²) in [5.41, 5.74) is 2.25. The lowest BCUT2D eigenvalue weighted by molar-refractivity contribution is -0.00346. The Morgan fingerprint density at radius 1 is 1.24 bits per heavy atom. The van der Waals surface area contributed by atoms with E-state index >= 15 is 0 Å². The van der Waals surface area contributed by atoms with Gasteiger partial charge in [-0.3, -0.25) is 15.0 Å². The summed E-state index contributed by atoms with van der Waals surface area (Å²) < 4.78 is 5.16. The van der Waals surface area contributed by atoms with Gasteiger partial charge in [0.1, 0.15) is 5.00 Å². The standard InChI is InChI=1S/C20H23ClN4O3S/c1-2-25-8-7-15-16(9-25)29-19(17(15)18(26)22-14-10-28-11-14)24-20(27)23-13-5-3-12(21)4-6-13/h3-6,14H,2,7-11H2,1H3,(H,22,26)(H2,23,24,27). The largest absolute Gasteiger partial charge is 0.377 e. The first-order valence-electron chi connectivity index (χ1n) is 9.62. The highest BCUT2D eigenvalue weighted by Gasteiger charge is 2.30. The molecule has 3 N–H and O–H groups in total. The molecule has 0 radical (unpaired) electrons. The van der Waals surface area contributed by atoms with Crippen molar-refractivity contribution < 1.29 is 14.3 Å². The van der Waals surface area contributed by atoms with Crippen LogP contribution in [0.3, 0.4) is 0 Å². The maximum atomic E-state index is 13.0. The molecule has 0 unspecified atom stereocenters. The summed E-state index contributed by atoms with van der Waals surface area (Å²) in [6.45, 7) is 5.84. The quantitative estimate of drug-likeness (QED) is 0.672. The SMILES string of the molecule is CCN1CCc2c(sc(NC(=O)Nc3ccc(Cl)cc3)c2C(=O)NC2COC2)C1. The van der Waals surface area contributed by atoms with Crippen molar-refractivity contribution in [3.63, 3.8) is 0 Å². The van der Waals surface area contributed by atoms with Crippen molar-refractivity contribution in [2.45, 2.75) is 25.9 Å². The molecule has 1 aromatic heterocycles. The van der Waals surface area contributed by atoms with Gasteiger partial charge in [0.25, 0.3) is 5.91 Å². The predicted octanol–water partition coefficient (Wildman–Crippen LogP) is 3.55. The van der Waals surface area contributed by atoms with Crippen LogP contribution in [0.4, 0.5) is 15.5 Å². The molecule has 2 aliphatic heterocycles. The Morgan fingerprint density at radius 2 is 2.00 bits per heavy atom. The lowest BCUT2D eigenvalue weighted by Crippen LogP contribution is -2.48. The number of nitrogens with zero attached hydrogens (tertiary/aromatic N) is 1. The zero-order chi connectivity index (χ0) is 20.4. The summed E-state index contributed by atoms with van der Waals surface area (Å²) in [5.74, 6) is -0.150. The average Bonchev–Trinajstić information content (AvgIpc) is 3.03.